The van der Waals surface area contributed by atoms with E-state index in [2.05, 4.69) is 43.4 Å². The first-order valence-corrected chi connectivity index (χ1v) is 8.78. The van der Waals surface area contributed by atoms with Crippen LogP contribution in [0.4, 0.5) is 0 Å². The molecule has 0 aromatic carbocycles. The molecule has 0 amide bonds. The van der Waals surface area contributed by atoms with E-state index in [1.165, 1.54) is 25.7 Å². The Morgan fingerprint density at radius 2 is 2.18 bits per heavy atom. The monoisotopic (exact) mass is 381 g/mol. The molecular weight excluding hydrogens is 366 g/mol. The van der Waals surface area contributed by atoms with Crippen LogP contribution >= 0.6 is 43.6 Å². The molecule has 1 aromatic heterocycles. The fourth-order valence-corrected chi connectivity index (χ4v) is 3.94. The van der Waals surface area contributed by atoms with E-state index in [0.29, 0.717) is 6.04 Å². The van der Waals surface area contributed by atoms with Crippen LogP contribution in [0.5, 0.6) is 0 Å². The van der Waals surface area contributed by atoms with Gasteiger partial charge >= 0.3 is 0 Å². The van der Waals surface area contributed by atoms with Gasteiger partial charge in [-0.05, 0) is 57.0 Å². The van der Waals surface area contributed by atoms with Crippen molar-refractivity contribution in [3.05, 3.63) is 21.0 Å². The van der Waals surface area contributed by atoms with Crippen molar-refractivity contribution in [2.45, 2.75) is 43.5 Å². The van der Waals surface area contributed by atoms with E-state index in [4.69, 9.17) is 4.42 Å². The third kappa shape index (κ3) is 3.75. The van der Waals surface area contributed by atoms with Crippen molar-refractivity contribution in [1.82, 2.24) is 5.32 Å². The van der Waals surface area contributed by atoms with Gasteiger partial charge in [0.25, 0.3) is 0 Å². The van der Waals surface area contributed by atoms with Gasteiger partial charge in [0.2, 0.25) is 0 Å². The summed E-state index contributed by atoms with van der Waals surface area (Å²) in [6.45, 7) is 0.811. The Morgan fingerprint density at radius 1 is 1.41 bits per heavy atom. The molecule has 1 N–H and O–H groups in total. The Labute approximate surface area is 124 Å². The highest BCUT2D eigenvalue weighted by atomic mass is 79.9. The molecule has 1 heterocycles. The first-order chi connectivity index (χ1) is 8.20. The van der Waals surface area contributed by atoms with E-state index in [9.17, 15) is 0 Å². The lowest BCUT2D eigenvalue weighted by atomic mass is 9.95. The van der Waals surface area contributed by atoms with Crippen LogP contribution in [-0.4, -0.2) is 17.5 Å². The Morgan fingerprint density at radius 3 is 2.82 bits per heavy atom. The van der Waals surface area contributed by atoms with Gasteiger partial charge in [-0.2, -0.15) is 11.8 Å². The second-order valence-corrected chi connectivity index (χ2v) is 7.03. The second-order valence-electron chi connectivity index (χ2n) is 4.38. The molecule has 0 spiro atoms. The van der Waals surface area contributed by atoms with Gasteiger partial charge in [0.05, 0.1) is 11.0 Å². The molecule has 1 aliphatic rings. The molecule has 17 heavy (non-hydrogen) atoms. The van der Waals surface area contributed by atoms with Gasteiger partial charge in [0, 0.05) is 11.3 Å². The molecule has 2 atom stereocenters. The van der Waals surface area contributed by atoms with Crippen LogP contribution in [0.25, 0.3) is 0 Å². The molecule has 2 rings (SSSR count). The van der Waals surface area contributed by atoms with Crippen molar-refractivity contribution in [2.24, 2.45) is 0 Å². The Balaban J connectivity index is 1.88. The average molecular weight is 383 g/mol. The lowest BCUT2D eigenvalue weighted by molar-refractivity contribution is 0.363. The first kappa shape index (κ1) is 14.0. The number of nitrogens with one attached hydrogen (secondary N) is 1. The van der Waals surface area contributed by atoms with E-state index in [-0.39, 0.29) is 0 Å². The molecule has 0 radical (unpaired) electrons. The maximum atomic E-state index is 5.57. The number of hydrogen-bond donors (Lipinski definition) is 1. The van der Waals surface area contributed by atoms with Gasteiger partial charge in [-0.15, -0.1) is 0 Å². The molecule has 1 saturated carbocycles. The highest BCUT2D eigenvalue weighted by Gasteiger charge is 2.24. The van der Waals surface area contributed by atoms with E-state index in [1.807, 2.05) is 17.8 Å². The molecule has 96 valence electrons. The molecule has 2 nitrogen and oxygen atoms in total. The summed E-state index contributed by atoms with van der Waals surface area (Å²) >= 11 is 8.78. The predicted octanol–water partition coefficient (Wildman–Crippen LogP) is 4.57. The maximum Gasteiger partial charge on any atom is 0.183 e. The molecule has 0 saturated heterocycles. The summed E-state index contributed by atoms with van der Waals surface area (Å²) < 4.78 is 7.34. The van der Waals surface area contributed by atoms with Gasteiger partial charge in [-0.3, -0.25) is 0 Å². The normalized spacial score (nSPS) is 25.1. The third-order valence-electron chi connectivity index (χ3n) is 3.24. The second kappa shape index (κ2) is 6.64. The molecule has 1 aromatic rings. The zero-order chi connectivity index (χ0) is 12.3. The zero-order valence-electron chi connectivity index (χ0n) is 9.84. The van der Waals surface area contributed by atoms with Crippen LogP contribution in [0, 0.1) is 0 Å². The summed E-state index contributed by atoms with van der Waals surface area (Å²) in [5, 5.41) is 4.38. The highest BCUT2D eigenvalue weighted by Crippen LogP contribution is 2.29. The molecule has 1 fully saturated rings. The van der Waals surface area contributed by atoms with E-state index in [0.717, 1.165) is 26.7 Å². The van der Waals surface area contributed by atoms with Crippen molar-refractivity contribution in [1.29, 1.82) is 0 Å². The minimum Gasteiger partial charge on any atom is -0.452 e. The Hall–Kier alpha value is 0.550. The molecule has 2 unspecified atom stereocenters. The lowest BCUT2D eigenvalue weighted by Gasteiger charge is -2.30. The van der Waals surface area contributed by atoms with Crippen molar-refractivity contribution in [3.8, 4) is 0 Å². The van der Waals surface area contributed by atoms with Crippen LogP contribution in [0.3, 0.4) is 0 Å². The van der Waals surface area contributed by atoms with Gasteiger partial charge < -0.3 is 9.73 Å². The summed E-state index contributed by atoms with van der Waals surface area (Å²) in [6.07, 6.45) is 7.56. The Bertz CT molecular complexity index is 350. The minimum absolute atomic E-state index is 0.626. The van der Waals surface area contributed by atoms with Crippen molar-refractivity contribution >= 4 is 43.6 Å². The summed E-state index contributed by atoms with van der Waals surface area (Å²) in [5.74, 6) is 0.981. The number of thioether (sulfide) groups is 1. The predicted molar refractivity (Wildman–Crippen MR) is 80.5 cm³/mol. The van der Waals surface area contributed by atoms with E-state index < -0.39 is 0 Å². The quantitative estimate of drug-likeness (QED) is 0.825. The zero-order valence-corrected chi connectivity index (χ0v) is 13.8. The van der Waals surface area contributed by atoms with Crippen molar-refractivity contribution < 1.29 is 4.42 Å². The fourth-order valence-electron chi connectivity index (χ4n) is 2.32. The van der Waals surface area contributed by atoms with Gasteiger partial charge in [0.15, 0.2) is 4.67 Å². The topological polar surface area (TPSA) is 25.2 Å². The smallest absolute Gasteiger partial charge is 0.183 e. The van der Waals surface area contributed by atoms with E-state index in [1.54, 1.807) is 0 Å². The number of halogens is 2. The minimum atomic E-state index is 0.626. The largest absolute Gasteiger partial charge is 0.452 e. The van der Waals surface area contributed by atoms with E-state index >= 15 is 0 Å². The van der Waals surface area contributed by atoms with Crippen LogP contribution in [0.2, 0.25) is 0 Å². The molecule has 5 heteroatoms. The van der Waals surface area contributed by atoms with Crippen LogP contribution < -0.4 is 5.32 Å². The van der Waals surface area contributed by atoms with Crippen LogP contribution in [0.1, 0.15) is 31.4 Å². The molecule has 1 aliphatic carbocycles. The highest BCUT2D eigenvalue weighted by molar-refractivity contribution is 9.13. The molecule has 0 aliphatic heterocycles. The molecular formula is C12H17Br2NOS. The standard InChI is InChI=1S/C12H17Br2NOS/c1-17-11-5-3-2-4-10(11)15-7-8-6-9(13)12(14)16-8/h6,10-11,15H,2-5,7H2,1H3. The van der Waals surface area contributed by atoms with Gasteiger partial charge in [0.1, 0.15) is 5.76 Å². The summed E-state index contributed by atoms with van der Waals surface area (Å²) in [5.41, 5.74) is 0. The molecule has 0 bridgehead atoms. The third-order valence-corrected chi connectivity index (χ3v) is 6.12. The van der Waals surface area contributed by atoms with Gasteiger partial charge in [-0.1, -0.05) is 12.8 Å². The lowest BCUT2D eigenvalue weighted by Crippen LogP contribution is -2.39. The summed E-state index contributed by atoms with van der Waals surface area (Å²) in [6, 6.07) is 2.65. The fraction of sp³-hybridized carbons (Fsp3) is 0.667. The summed E-state index contributed by atoms with van der Waals surface area (Å²) in [4.78, 5) is 0. The number of hydrogen-bond acceptors (Lipinski definition) is 3. The summed E-state index contributed by atoms with van der Waals surface area (Å²) in [7, 11) is 0. The van der Waals surface area contributed by atoms with Crippen molar-refractivity contribution in [3.63, 3.8) is 0 Å². The van der Waals surface area contributed by atoms with Crippen LogP contribution in [-0.2, 0) is 6.54 Å². The average Bonchev–Trinajstić information content (AvgIpc) is 2.66. The maximum absolute atomic E-state index is 5.57. The first-order valence-electron chi connectivity index (χ1n) is 5.90. The number of furan rings is 1. The Kier molecular flexibility index (Phi) is 5.46. The van der Waals surface area contributed by atoms with Crippen molar-refractivity contribution in [2.75, 3.05) is 6.26 Å². The van der Waals surface area contributed by atoms with Gasteiger partial charge in [-0.25, -0.2) is 0 Å². The number of rotatable bonds is 4. The van der Waals surface area contributed by atoms with Crippen LogP contribution in [0.15, 0.2) is 19.6 Å². The SMILES string of the molecule is CSC1CCCCC1NCc1cc(Br)c(Br)o1.